The zero-order chi connectivity index (χ0) is 12.5. The Bertz CT molecular complexity index is 406. The maximum Gasteiger partial charge on any atom is 0.451 e. The molecule has 1 heterocycles. The molecule has 1 rings (SSSR count). The summed E-state index contributed by atoms with van der Waals surface area (Å²) in [5, 5.41) is 0. The van der Waals surface area contributed by atoms with Crippen LogP contribution in [0.3, 0.4) is 0 Å². The second kappa shape index (κ2) is 4.07. The minimum absolute atomic E-state index is 0.0319. The Morgan fingerprint density at radius 2 is 1.62 bits per heavy atom. The molecular weight excluding hydrogens is 225 g/mol. The number of methoxy groups -OCH3 is 1. The van der Waals surface area contributed by atoms with Crippen molar-refractivity contribution in [2.45, 2.75) is 20.0 Å². The van der Waals surface area contributed by atoms with Gasteiger partial charge in [-0.15, -0.1) is 0 Å². The number of rotatable bonds is 1. The lowest BCUT2D eigenvalue weighted by molar-refractivity contribution is -0.145. The van der Waals surface area contributed by atoms with Crippen molar-refractivity contribution in [1.29, 1.82) is 0 Å². The Balaban J connectivity index is 3.34. The van der Waals surface area contributed by atoms with E-state index in [-0.39, 0.29) is 17.0 Å². The fraction of sp³-hybridized carbons (Fsp3) is 0.444. The van der Waals surface area contributed by atoms with Gasteiger partial charge in [0, 0.05) is 0 Å². The first-order valence-electron chi connectivity index (χ1n) is 4.28. The number of alkyl halides is 3. The largest absolute Gasteiger partial charge is 0.465 e. The van der Waals surface area contributed by atoms with Gasteiger partial charge in [-0.25, -0.2) is 14.8 Å². The topological polar surface area (TPSA) is 52.1 Å². The number of hydrogen-bond donors (Lipinski definition) is 0. The first-order valence-corrected chi connectivity index (χ1v) is 4.28. The molecule has 7 heteroatoms. The Hall–Kier alpha value is -1.66. The van der Waals surface area contributed by atoms with Crippen molar-refractivity contribution < 1.29 is 22.7 Å². The molecule has 0 spiro atoms. The molecule has 0 saturated heterocycles. The van der Waals surface area contributed by atoms with Crippen LogP contribution in [0.25, 0.3) is 0 Å². The highest BCUT2D eigenvalue weighted by Crippen LogP contribution is 2.27. The molecule has 1 aromatic rings. The molecule has 0 bridgehead atoms. The summed E-state index contributed by atoms with van der Waals surface area (Å²) >= 11 is 0. The van der Waals surface area contributed by atoms with E-state index < -0.39 is 18.0 Å². The van der Waals surface area contributed by atoms with Gasteiger partial charge in [-0.05, 0) is 13.8 Å². The van der Waals surface area contributed by atoms with Gasteiger partial charge >= 0.3 is 12.1 Å². The molecule has 0 aliphatic heterocycles. The monoisotopic (exact) mass is 234 g/mol. The van der Waals surface area contributed by atoms with Crippen LogP contribution in [-0.2, 0) is 10.9 Å². The summed E-state index contributed by atoms with van der Waals surface area (Å²) in [6, 6.07) is 0. The zero-order valence-corrected chi connectivity index (χ0v) is 8.84. The summed E-state index contributed by atoms with van der Waals surface area (Å²) in [5.74, 6) is -2.00. The number of carbonyl (C=O) groups is 1. The van der Waals surface area contributed by atoms with Crippen LogP contribution in [0.15, 0.2) is 0 Å². The third kappa shape index (κ3) is 2.29. The number of ether oxygens (including phenoxy) is 1. The third-order valence-corrected chi connectivity index (χ3v) is 1.91. The first-order chi connectivity index (χ1) is 7.27. The maximum atomic E-state index is 12.3. The summed E-state index contributed by atoms with van der Waals surface area (Å²) in [4.78, 5) is 17.7. The van der Waals surface area contributed by atoms with E-state index in [9.17, 15) is 18.0 Å². The molecule has 0 aliphatic carbocycles. The number of aryl methyl sites for hydroxylation is 2. The number of halogens is 3. The third-order valence-electron chi connectivity index (χ3n) is 1.91. The van der Waals surface area contributed by atoms with Crippen molar-refractivity contribution in [2.24, 2.45) is 0 Å². The molecule has 0 aromatic carbocycles. The number of aromatic nitrogens is 2. The van der Waals surface area contributed by atoms with E-state index >= 15 is 0 Å². The Morgan fingerprint density at radius 3 is 1.94 bits per heavy atom. The van der Waals surface area contributed by atoms with Crippen LogP contribution in [-0.4, -0.2) is 23.0 Å². The van der Waals surface area contributed by atoms with Gasteiger partial charge in [0.15, 0.2) is 0 Å². The van der Waals surface area contributed by atoms with E-state index in [1.165, 1.54) is 13.8 Å². The Labute approximate surface area is 89.5 Å². The van der Waals surface area contributed by atoms with E-state index in [0.717, 1.165) is 7.11 Å². The SMILES string of the molecule is COC(=O)c1c(C)nc(C(F)(F)F)nc1C. The highest BCUT2D eigenvalue weighted by Gasteiger charge is 2.36. The molecule has 88 valence electrons. The number of esters is 1. The van der Waals surface area contributed by atoms with Crippen LogP contribution < -0.4 is 0 Å². The van der Waals surface area contributed by atoms with E-state index in [1.54, 1.807) is 0 Å². The van der Waals surface area contributed by atoms with Crippen LogP contribution in [0, 0.1) is 13.8 Å². The van der Waals surface area contributed by atoms with Crippen molar-refractivity contribution in [3.63, 3.8) is 0 Å². The molecule has 0 fully saturated rings. The second-order valence-corrected chi connectivity index (χ2v) is 3.08. The lowest BCUT2D eigenvalue weighted by atomic mass is 10.2. The zero-order valence-electron chi connectivity index (χ0n) is 8.84. The predicted molar refractivity (Wildman–Crippen MR) is 47.8 cm³/mol. The van der Waals surface area contributed by atoms with E-state index in [1.807, 2.05) is 0 Å². The molecule has 0 amide bonds. The Kier molecular flexibility index (Phi) is 3.16. The van der Waals surface area contributed by atoms with Crippen LogP contribution in [0.5, 0.6) is 0 Å². The van der Waals surface area contributed by atoms with Crippen LogP contribution in [0.4, 0.5) is 13.2 Å². The lowest BCUT2D eigenvalue weighted by Crippen LogP contribution is -2.17. The highest BCUT2D eigenvalue weighted by molar-refractivity contribution is 5.91. The van der Waals surface area contributed by atoms with E-state index in [0.29, 0.717) is 0 Å². The molecular formula is C9H9F3N2O2. The minimum atomic E-state index is -4.62. The van der Waals surface area contributed by atoms with Crippen molar-refractivity contribution >= 4 is 5.97 Å². The second-order valence-electron chi connectivity index (χ2n) is 3.08. The predicted octanol–water partition coefficient (Wildman–Crippen LogP) is 1.90. The number of carbonyl (C=O) groups excluding carboxylic acids is 1. The van der Waals surface area contributed by atoms with Gasteiger partial charge in [-0.3, -0.25) is 0 Å². The average Bonchev–Trinajstić information content (AvgIpc) is 2.14. The summed E-state index contributed by atoms with van der Waals surface area (Å²) in [6.07, 6.45) is -4.62. The summed E-state index contributed by atoms with van der Waals surface area (Å²) in [5.41, 5.74) is -0.131. The van der Waals surface area contributed by atoms with Gasteiger partial charge in [0.2, 0.25) is 5.82 Å². The van der Waals surface area contributed by atoms with Crippen molar-refractivity contribution in [3.8, 4) is 0 Å². The van der Waals surface area contributed by atoms with Crippen LogP contribution in [0.1, 0.15) is 27.6 Å². The van der Waals surface area contributed by atoms with Gasteiger partial charge < -0.3 is 4.74 Å². The molecule has 0 aliphatic rings. The van der Waals surface area contributed by atoms with Crippen molar-refractivity contribution in [3.05, 3.63) is 22.8 Å². The molecule has 16 heavy (non-hydrogen) atoms. The van der Waals surface area contributed by atoms with Crippen molar-refractivity contribution in [1.82, 2.24) is 9.97 Å². The van der Waals surface area contributed by atoms with E-state index in [4.69, 9.17) is 0 Å². The molecule has 4 nitrogen and oxygen atoms in total. The summed E-state index contributed by atoms with van der Waals surface area (Å²) in [6.45, 7) is 2.60. The molecule has 0 N–H and O–H groups in total. The average molecular weight is 234 g/mol. The number of hydrogen-bond acceptors (Lipinski definition) is 4. The summed E-state index contributed by atoms with van der Waals surface area (Å²) in [7, 11) is 1.14. The Morgan fingerprint density at radius 1 is 1.19 bits per heavy atom. The van der Waals surface area contributed by atoms with Crippen LogP contribution >= 0.6 is 0 Å². The first kappa shape index (κ1) is 12.4. The molecule has 0 atom stereocenters. The van der Waals surface area contributed by atoms with Crippen LogP contribution in [0.2, 0.25) is 0 Å². The van der Waals surface area contributed by atoms with E-state index in [2.05, 4.69) is 14.7 Å². The highest BCUT2D eigenvalue weighted by atomic mass is 19.4. The van der Waals surface area contributed by atoms with Gasteiger partial charge in [-0.2, -0.15) is 13.2 Å². The standard InChI is InChI=1S/C9H9F3N2O2/c1-4-6(7(15)16-3)5(2)14-8(13-4)9(10,11)12/h1-3H3. The summed E-state index contributed by atoms with van der Waals surface area (Å²) < 4.78 is 41.4. The number of nitrogens with zero attached hydrogens (tertiary/aromatic N) is 2. The smallest absolute Gasteiger partial charge is 0.451 e. The normalized spacial score (nSPS) is 11.4. The van der Waals surface area contributed by atoms with Gasteiger partial charge in [0.25, 0.3) is 0 Å². The fourth-order valence-corrected chi connectivity index (χ4v) is 1.24. The molecule has 0 unspecified atom stereocenters. The lowest BCUT2D eigenvalue weighted by Gasteiger charge is -2.10. The fourth-order valence-electron chi connectivity index (χ4n) is 1.24. The van der Waals surface area contributed by atoms with Crippen molar-refractivity contribution in [2.75, 3.05) is 7.11 Å². The van der Waals surface area contributed by atoms with Gasteiger partial charge in [0.05, 0.1) is 18.5 Å². The van der Waals surface area contributed by atoms with Gasteiger partial charge in [0.1, 0.15) is 5.56 Å². The quantitative estimate of drug-likeness (QED) is 0.696. The molecule has 1 aromatic heterocycles. The molecule has 0 radical (unpaired) electrons. The van der Waals surface area contributed by atoms with Gasteiger partial charge in [-0.1, -0.05) is 0 Å². The maximum absolute atomic E-state index is 12.3. The molecule has 0 saturated carbocycles. The minimum Gasteiger partial charge on any atom is -0.465 e.